The molecule has 1 aliphatic heterocycles. The molecule has 1 saturated carbocycles. The predicted octanol–water partition coefficient (Wildman–Crippen LogP) is 2.48. The van der Waals surface area contributed by atoms with Crippen LogP contribution in [0.4, 0.5) is 4.39 Å². The molecule has 2 fully saturated rings. The van der Waals surface area contributed by atoms with Crippen LogP contribution in [-0.2, 0) is 4.79 Å². The second-order valence-electron chi connectivity index (χ2n) is 6.37. The van der Waals surface area contributed by atoms with E-state index in [-0.39, 0.29) is 18.5 Å². The summed E-state index contributed by atoms with van der Waals surface area (Å²) < 4.78 is 14.9. The van der Waals surface area contributed by atoms with Crippen LogP contribution in [0.25, 0.3) is 0 Å². The van der Waals surface area contributed by atoms with E-state index in [1.165, 1.54) is 5.56 Å². The van der Waals surface area contributed by atoms with E-state index in [1.54, 1.807) is 11.8 Å². The molecule has 21 heavy (non-hydrogen) atoms. The molecule has 0 aromatic heterocycles. The number of rotatable bonds is 4. The van der Waals surface area contributed by atoms with Gasteiger partial charge in [0.2, 0.25) is 5.91 Å². The van der Waals surface area contributed by atoms with Crippen molar-refractivity contribution in [3.63, 3.8) is 0 Å². The lowest BCUT2D eigenvalue weighted by molar-refractivity contribution is -0.132. The van der Waals surface area contributed by atoms with Crippen molar-refractivity contribution >= 4 is 5.91 Å². The summed E-state index contributed by atoms with van der Waals surface area (Å²) in [6, 6.07) is 10.4. The highest BCUT2D eigenvalue weighted by Gasteiger charge is 2.47. The van der Waals surface area contributed by atoms with Crippen molar-refractivity contribution in [1.29, 1.82) is 0 Å². The van der Waals surface area contributed by atoms with Crippen LogP contribution in [0.2, 0.25) is 0 Å². The van der Waals surface area contributed by atoms with E-state index in [1.807, 2.05) is 18.2 Å². The smallest absolute Gasteiger partial charge is 0.219 e. The zero-order valence-electron chi connectivity index (χ0n) is 12.5. The second-order valence-corrected chi connectivity index (χ2v) is 6.37. The fraction of sp³-hybridized carbons (Fsp3) is 0.588. The van der Waals surface area contributed by atoms with Crippen LogP contribution in [-0.4, -0.2) is 42.2 Å². The molecule has 0 bridgehead atoms. The Hall–Kier alpha value is -1.42. The third-order valence-corrected chi connectivity index (χ3v) is 4.74. The largest absolute Gasteiger partial charge is 0.336 e. The number of benzene rings is 1. The minimum Gasteiger partial charge on any atom is -0.336 e. The summed E-state index contributed by atoms with van der Waals surface area (Å²) >= 11 is 0. The first-order chi connectivity index (χ1) is 10.1. The second kappa shape index (κ2) is 5.76. The van der Waals surface area contributed by atoms with Crippen LogP contribution < -0.4 is 5.32 Å². The van der Waals surface area contributed by atoms with E-state index in [0.29, 0.717) is 31.8 Å². The summed E-state index contributed by atoms with van der Waals surface area (Å²) in [5.74, 6) is 0.370. The van der Waals surface area contributed by atoms with Crippen LogP contribution >= 0.6 is 0 Å². The van der Waals surface area contributed by atoms with E-state index in [2.05, 4.69) is 17.4 Å². The maximum Gasteiger partial charge on any atom is 0.219 e. The van der Waals surface area contributed by atoms with E-state index in [4.69, 9.17) is 0 Å². The number of carbonyl (C=O) groups is 1. The van der Waals surface area contributed by atoms with E-state index in [9.17, 15) is 9.18 Å². The lowest BCUT2D eigenvalue weighted by Gasteiger charge is -2.35. The van der Waals surface area contributed by atoms with Crippen molar-refractivity contribution in [2.45, 2.75) is 43.8 Å². The maximum atomic E-state index is 14.9. The lowest BCUT2D eigenvalue weighted by Crippen LogP contribution is -2.49. The molecule has 1 aromatic rings. The molecule has 1 heterocycles. The van der Waals surface area contributed by atoms with Crippen LogP contribution in [0.15, 0.2) is 30.3 Å². The fourth-order valence-corrected chi connectivity index (χ4v) is 3.38. The summed E-state index contributed by atoms with van der Waals surface area (Å²) in [7, 11) is 0. The van der Waals surface area contributed by atoms with Crippen LogP contribution in [0.5, 0.6) is 0 Å². The highest BCUT2D eigenvalue weighted by molar-refractivity contribution is 5.74. The van der Waals surface area contributed by atoms with Crippen molar-refractivity contribution in [1.82, 2.24) is 10.2 Å². The molecular weight excluding hydrogens is 267 g/mol. The quantitative estimate of drug-likeness (QED) is 0.924. The van der Waals surface area contributed by atoms with Crippen molar-refractivity contribution in [3.8, 4) is 0 Å². The number of hydrogen-bond donors (Lipinski definition) is 1. The fourth-order valence-electron chi connectivity index (χ4n) is 3.38. The maximum absolute atomic E-state index is 14.9. The summed E-state index contributed by atoms with van der Waals surface area (Å²) in [5.41, 5.74) is 0.0350. The number of hydrogen-bond acceptors (Lipinski definition) is 2. The van der Waals surface area contributed by atoms with Gasteiger partial charge in [0.25, 0.3) is 0 Å². The summed E-state index contributed by atoms with van der Waals surface area (Å²) in [6.07, 6.45) is 1.96. The van der Waals surface area contributed by atoms with E-state index >= 15 is 0 Å². The first-order valence-electron chi connectivity index (χ1n) is 7.81. The molecule has 1 aromatic carbocycles. The number of piperidine rings is 1. The average Bonchev–Trinajstić information content (AvgIpc) is 3.26. The third-order valence-electron chi connectivity index (χ3n) is 4.74. The molecule has 1 saturated heterocycles. The summed E-state index contributed by atoms with van der Waals surface area (Å²) in [6.45, 7) is 3.22. The van der Waals surface area contributed by atoms with Gasteiger partial charge in [-0.1, -0.05) is 30.3 Å². The zero-order valence-corrected chi connectivity index (χ0v) is 12.5. The van der Waals surface area contributed by atoms with Crippen LogP contribution in [0.3, 0.4) is 0 Å². The Labute approximate surface area is 125 Å². The van der Waals surface area contributed by atoms with Crippen LogP contribution in [0.1, 0.15) is 37.7 Å². The third kappa shape index (κ3) is 3.26. The monoisotopic (exact) mass is 290 g/mol. The molecule has 2 atom stereocenters. The molecule has 3 nitrogen and oxygen atoms in total. The lowest BCUT2D eigenvalue weighted by atomic mass is 9.93. The van der Waals surface area contributed by atoms with Gasteiger partial charge in [0, 0.05) is 18.9 Å². The number of halogens is 1. The van der Waals surface area contributed by atoms with Gasteiger partial charge in [0.05, 0.1) is 6.54 Å². The Bertz CT molecular complexity index is 499. The molecule has 0 radical (unpaired) electrons. The van der Waals surface area contributed by atoms with E-state index < -0.39 is 5.67 Å². The molecule has 2 unspecified atom stereocenters. The number of carbonyl (C=O) groups excluding carboxylic acids is 1. The first kappa shape index (κ1) is 14.5. The van der Waals surface area contributed by atoms with Gasteiger partial charge >= 0.3 is 0 Å². The van der Waals surface area contributed by atoms with Gasteiger partial charge in [-0.15, -0.1) is 0 Å². The van der Waals surface area contributed by atoms with Gasteiger partial charge < -0.3 is 10.2 Å². The van der Waals surface area contributed by atoms with Gasteiger partial charge in [0.1, 0.15) is 5.67 Å². The molecule has 2 aliphatic rings. The van der Waals surface area contributed by atoms with Gasteiger partial charge in [-0.25, -0.2) is 4.39 Å². The molecule has 0 spiro atoms. The number of alkyl halides is 1. The van der Waals surface area contributed by atoms with Crippen molar-refractivity contribution in [2.24, 2.45) is 0 Å². The molecule has 4 heteroatoms. The average molecular weight is 290 g/mol. The molecule has 114 valence electrons. The molecule has 1 amide bonds. The molecule has 1 aliphatic carbocycles. The molecule has 1 N–H and O–H groups in total. The zero-order chi connectivity index (χ0) is 14.9. The molecular formula is C17H23FN2O. The SMILES string of the molecule is CC(=O)N(CC1(F)CCNCC1)C1CC1c1ccccc1. The van der Waals surface area contributed by atoms with Gasteiger partial charge in [-0.05, 0) is 37.9 Å². The topological polar surface area (TPSA) is 32.3 Å². The predicted molar refractivity (Wildman–Crippen MR) is 80.9 cm³/mol. The first-order valence-corrected chi connectivity index (χ1v) is 7.81. The Morgan fingerprint density at radius 2 is 2.00 bits per heavy atom. The normalized spacial score (nSPS) is 27.1. The standard InChI is InChI=1S/C17H23FN2O/c1-13(21)20(12-17(18)7-9-19-10-8-17)16-11-15(16)14-5-3-2-4-6-14/h2-6,15-16,19H,7-12H2,1H3. The highest BCUT2D eigenvalue weighted by Crippen LogP contribution is 2.45. The highest BCUT2D eigenvalue weighted by atomic mass is 19.1. The number of nitrogens with zero attached hydrogens (tertiary/aromatic N) is 1. The molecule has 3 rings (SSSR count). The number of amides is 1. The van der Waals surface area contributed by atoms with Gasteiger partial charge in [0.15, 0.2) is 0 Å². The van der Waals surface area contributed by atoms with Gasteiger partial charge in [-0.3, -0.25) is 4.79 Å². The summed E-state index contributed by atoms with van der Waals surface area (Å²) in [5, 5.41) is 3.18. The Morgan fingerprint density at radius 3 is 2.62 bits per heavy atom. The van der Waals surface area contributed by atoms with Crippen molar-refractivity contribution < 1.29 is 9.18 Å². The van der Waals surface area contributed by atoms with E-state index in [0.717, 1.165) is 6.42 Å². The summed E-state index contributed by atoms with van der Waals surface area (Å²) in [4.78, 5) is 13.7. The van der Waals surface area contributed by atoms with Gasteiger partial charge in [-0.2, -0.15) is 0 Å². The minimum atomic E-state index is -1.22. The minimum absolute atomic E-state index is 0.00557. The Balaban J connectivity index is 1.68. The Morgan fingerprint density at radius 1 is 1.33 bits per heavy atom. The van der Waals surface area contributed by atoms with Crippen molar-refractivity contribution in [3.05, 3.63) is 35.9 Å². The number of nitrogens with one attached hydrogen (secondary N) is 1. The Kier molecular flexibility index (Phi) is 3.98. The van der Waals surface area contributed by atoms with Crippen molar-refractivity contribution in [2.75, 3.05) is 19.6 Å². The van der Waals surface area contributed by atoms with Crippen LogP contribution in [0, 0.1) is 0 Å².